The Hall–Kier alpha value is -6.86. The van der Waals surface area contributed by atoms with Gasteiger partial charge in [0, 0.05) is 56.2 Å². The molecule has 2 aliphatic rings. The number of anilines is 2. The Balaban J connectivity index is 0.000000188. The summed E-state index contributed by atoms with van der Waals surface area (Å²) in [6.07, 6.45) is 1.81. The molecule has 5 aromatic carbocycles. The highest BCUT2D eigenvalue weighted by Crippen LogP contribution is 2.33. The van der Waals surface area contributed by atoms with E-state index < -0.39 is 33.5 Å². The van der Waals surface area contributed by atoms with Crippen LogP contribution in [0.2, 0.25) is 0 Å². The van der Waals surface area contributed by atoms with Gasteiger partial charge >= 0.3 is 27.7 Å². The van der Waals surface area contributed by atoms with Crippen LogP contribution in [0, 0.1) is 11.8 Å². The summed E-state index contributed by atoms with van der Waals surface area (Å²) in [6, 6.07) is 36.0. The second-order valence-electron chi connectivity index (χ2n) is 16.6. The molecular formula is C49H46F6N8O4S. The van der Waals surface area contributed by atoms with Crippen LogP contribution in [0.25, 0.3) is 55.2 Å². The molecular weight excluding hydrogens is 911 g/mol. The van der Waals surface area contributed by atoms with E-state index >= 15 is 0 Å². The smallest absolute Gasteiger partial charge is 0.376 e. The summed E-state index contributed by atoms with van der Waals surface area (Å²) < 4.78 is 102. The lowest BCUT2D eigenvalue weighted by molar-refractivity contribution is -0.173. The number of hydrogen-bond donors (Lipinski definition) is 2. The maximum Gasteiger partial charge on any atom is 0.534 e. The van der Waals surface area contributed by atoms with E-state index in [9.17, 15) is 39.6 Å². The van der Waals surface area contributed by atoms with Crippen LogP contribution in [0.4, 0.5) is 38.2 Å². The topological polar surface area (TPSA) is 157 Å². The molecule has 354 valence electrons. The molecule has 7 aromatic rings. The summed E-state index contributed by atoms with van der Waals surface area (Å²) in [5.41, 5.74) is 6.06. The van der Waals surface area contributed by atoms with Crippen molar-refractivity contribution in [2.45, 2.75) is 37.4 Å². The van der Waals surface area contributed by atoms with Crippen LogP contribution in [-0.4, -0.2) is 85.2 Å². The van der Waals surface area contributed by atoms with Crippen molar-refractivity contribution in [1.82, 2.24) is 25.3 Å². The molecule has 2 fully saturated rings. The average Bonchev–Trinajstić information content (AvgIpc) is 3.35. The number of benzene rings is 5. The highest BCUT2D eigenvalue weighted by molar-refractivity contribution is 7.88. The lowest BCUT2D eigenvalue weighted by Crippen LogP contribution is -2.43. The number of piperidine rings is 2. The fourth-order valence-electron chi connectivity index (χ4n) is 8.19. The van der Waals surface area contributed by atoms with Crippen LogP contribution in [0.5, 0.6) is 5.75 Å². The highest BCUT2D eigenvalue weighted by Gasteiger charge is 2.48. The predicted molar refractivity (Wildman–Crippen MR) is 249 cm³/mol. The number of hydrogen-bond acceptors (Lipinski definition) is 11. The van der Waals surface area contributed by atoms with Crippen molar-refractivity contribution in [2.75, 3.05) is 49.1 Å². The molecule has 0 unspecified atom stereocenters. The molecule has 3 N–H and O–H groups in total. The van der Waals surface area contributed by atoms with Crippen molar-refractivity contribution in [3.05, 3.63) is 128 Å². The number of carbonyl (C=O) groups excluding carboxylic acids is 1. The Morgan fingerprint density at radius 2 is 1.09 bits per heavy atom. The van der Waals surface area contributed by atoms with Gasteiger partial charge in [-0.15, -0.1) is 0 Å². The number of alkyl halides is 6. The van der Waals surface area contributed by atoms with Crippen molar-refractivity contribution in [3.8, 4) is 39.4 Å². The summed E-state index contributed by atoms with van der Waals surface area (Å²) in [4.78, 5) is 33.4. The van der Waals surface area contributed by atoms with Gasteiger partial charge in [0.25, 0.3) is 0 Å². The lowest BCUT2D eigenvalue weighted by atomic mass is 9.97. The van der Waals surface area contributed by atoms with E-state index in [0.717, 1.165) is 55.7 Å². The molecule has 2 saturated heterocycles. The minimum absolute atomic E-state index is 0.0704. The number of carbonyl (C=O) groups is 1. The number of aromatic nitrogens is 4. The molecule has 19 heteroatoms. The monoisotopic (exact) mass is 956 g/mol. The zero-order valence-electron chi connectivity index (χ0n) is 36.4. The van der Waals surface area contributed by atoms with E-state index in [1.807, 2.05) is 28.5 Å². The van der Waals surface area contributed by atoms with Crippen LogP contribution in [0.15, 0.2) is 128 Å². The van der Waals surface area contributed by atoms with Crippen LogP contribution >= 0.6 is 0 Å². The summed E-state index contributed by atoms with van der Waals surface area (Å²) in [7, 11) is -5.79. The van der Waals surface area contributed by atoms with E-state index in [1.165, 1.54) is 34.0 Å². The first-order valence-corrected chi connectivity index (χ1v) is 23.3. The van der Waals surface area contributed by atoms with E-state index in [-0.39, 0.29) is 12.5 Å². The Morgan fingerprint density at radius 1 is 0.618 bits per heavy atom. The summed E-state index contributed by atoms with van der Waals surface area (Å²) in [5, 5.41) is 5.41. The van der Waals surface area contributed by atoms with E-state index in [2.05, 4.69) is 84.7 Å². The highest BCUT2D eigenvalue weighted by atomic mass is 32.2. The van der Waals surface area contributed by atoms with Crippen molar-refractivity contribution in [2.24, 2.45) is 17.6 Å². The second-order valence-corrected chi connectivity index (χ2v) is 18.2. The van der Waals surface area contributed by atoms with Gasteiger partial charge in [-0.25, -0.2) is 19.9 Å². The molecule has 0 saturated carbocycles. The lowest BCUT2D eigenvalue weighted by Gasteiger charge is -2.32. The van der Waals surface area contributed by atoms with Crippen LogP contribution in [0.3, 0.4) is 0 Å². The second kappa shape index (κ2) is 20.2. The van der Waals surface area contributed by atoms with E-state index in [0.29, 0.717) is 59.8 Å². The minimum atomic E-state index is -5.79. The predicted octanol–water partition coefficient (Wildman–Crippen LogP) is 9.56. The number of rotatable bonds is 10. The number of fused-ring (bicyclic) bond motifs is 2. The Kier molecular flexibility index (Phi) is 14.1. The standard InChI is InChI=1S/C26H26N4.C23H20F6N4O4S/c27-18-19-11-14-30(15-12-19)26-28-13-10-25(29-26)24-9-8-22-16-21(6-7-23(22)17-24)20-4-2-1-3-5-20;24-22(25,26)20(34)31-13-14-6-9-33(10-7-14)21-30-8-5-19(32-21)17-2-1-16-12-18(4-3-15(16)11-17)37-38(35,36)23(27,28)29/h1-10,13,16-17,19H,11-12,14-15,18,27H2;1-5,8,11-12,14H,6-7,9-10,13H2,(H,31,34). The molecule has 0 aliphatic carbocycles. The molecule has 2 aliphatic heterocycles. The van der Waals surface area contributed by atoms with Gasteiger partial charge in [-0.05, 0) is 119 Å². The van der Waals surface area contributed by atoms with E-state index in [1.54, 1.807) is 30.5 Å². The van der Waals surface area contributed by atoms with Gasteiger partial charge < -0.3 is 25.0 Å². The van der Waals surface area contributed by atoms with Gasteiger partial charge in [-0.2, -0.15) is 34.8 Å². The maximum atomic E-state index is 12.6. The summed E-state index contributed by atoms with van der Waals surface area (Å²) >= 11 is 0. The molecule has 4 heterocycles. The largest absolute Gasteiger partial charge is 0.534 e. The van der Waals surface area contributed by atoms with Gasteiger partial charge in [0.1, 0.15) is 5.75 Å². The van der Waals surface area contributed by atoms with Crippen molar-refractivity contribution < 1.29 is 43.7 Å². The van der Waals surface area contributed by atoms with Crippen molar-refractivity contribution in [1.29, 1.82) is 0 Å². The molecule has 9 rings (SSSR count). The molecule has 0 radical (unpaired) electrons. The molecule has 68 heavy (non-hydrogen) atoms. The minimum Gasteiger partial charge on any atom is -0.376 e. The SMILES string of the molecule is NCC1CCN(c2nccc(-c3ccc4cc(-c5ccccc5)ccc4c3)n2)CC1.O=C(NCC1CCN(c2nccc(-c3ccc4cc(OS(=O)(=O)C(F)(F)F)ccc4c3)n2)CC1)C(F)(F)F. The molecule has 0 spiro atoms. The summed E-state index contributed by atoms with van der Waals surface area (Å²) in [6.45, 7) is 3.63. The zero-order valence-corrected chi connectivity index (χ0v) is 37.2. The zero-order chi connectivity index (χ0) is 48.1. The number of amides is 1. The number of nitrogens with one attached hydrogen (secondary N) is 1. The number of nitrogens with two attached hydrogens (primary N) is 1. The third-order valence-electron chi connectivity index (χ3n) is 12.1. The average molecular weight is 957 g/mol. The quantitative estimate of drug-likeness (QED) is 0.0765. The summed E-state index contributed by atoms with van der Waals surface area (Å²) in [5.74, 6) is -0.675. The molecule has 12 nitrogen and oxygen atoms in total. The fourth-order valence-corrected chi connectivity index (χ4v) is 8.64. The van der Waals surface area contributed by atoms with Gasteiger partial charge in [0.05, 0.1) is 11.4 Å². The first-order valence-electron chi connectivity index (χ1n) is 21.9. The van der Waals surface area contributed by atoms with Gasteiger partial charge in [0.2, 0.25) is 11.9 Å². The van der Waals surface area contributed by atoms with Crippen LogP contribution in [0.1, 0.15) is 25.7 Å². The number of nitrogens with zero attached hydrogens (tertiary/aromatic N) is 6. The van der Waals surface area contributed by atoms with Crippen molar-refractivity contribution >= 4 is 49.5 Å². The Morgan fingerprint density at radius 3 is 1.59 bits per heavy atom. The maximum absolute atomic E-state index is 12.6. The first kappa shape index (κ1) is 47.6. The molecule has 2 aromatic heterocycles. The Bertz CT molecular complexity index is 3000. The Labute approximate surface area is 388 Å². The molecule has 1 amide bonds. The van der Waals surface area contributed by atoms with Gasteiger partial charge in [0.15, 0.2) is 0 Å². The number of halogens is 6. The normalized spacial score (nSPS) is 15.2. The van der Waals surface area contributed by atoms with Gasteiger partial charge in [-0.1, -0.05) is 72.8 Å². The third kappa shape index (κ3) is 11.4. The fraction of sp³-hybridized carbons (Fsp3) is 0.286. The third-order valence-corrected chi connectivity index (χ3v) is 13.0. The van der Waals surface area contributed by atoms with E-state index in [4.69, 9.17) is 10.7 Å². The van der Waals surface area contributed by atoms with Crippen molar-refractivity contribution in [3.63, 3.8) is 0 Å². The van der Waals surface area contributed by atoms with Crippen LogP contribution in [-0.2, 0) is 14.9 Å². The molecule has 0 atom stereocenters. The molecule has 0 bridgehead atoms. The van der Waals surface area contributed by atoms with Crippen LogP contribution < -0.4 is 25.0 Å². The van der Waals surface area contributed by atoms with Gasteiger partial charge in [-0.3, -0.25) is 4.79 Å². The first-order chi connectivity index (χ1) is 32.5.